The fraction of sp³-hybridized carbons (Fsp3) is 0.0370. The minimum Gasteiger partial charge on any atom is -0.308 e. The fourth-order valence-corrected chi connectivity index (χ4v) is 3.73. The molecular weight excluding hydrogens is 338 g/mol. The maximum atomic E-state index is 3.40. The summed E-state index contributed by atoms with van der Waals surface area (Å²) in [6.45, 7) is 2.09. The van der Waals surface area contributed by atoms with Crippen molar-refractivity contribution in [3.63, 3.8) is 0 Å². The van der Waals surface area contributed by atoms with Crippen molar-refractivity contribution < 1.29 is 0 Å². The zero-order valence-electron chi connectivity index (χ0n) is 15.7. The quantitative estimate of drug-likeness (QED) is 0.302. The minimum atomic E-state index is 1.02. The number of aryl methyl sites for hydroxylation is 1. The van der Waals surface area contributed by atoms with Crippen LogP contribution in [-0.4, -0.2) is 4.57 Å². The first-order valence-electron chi connectivity index (χ1n) is 9.47. The van der Waals surface area contributed by atoms with Gasteiger partial charge in [-0.05, 0) is 43.3 Å². The number of fused-ring (bicyclic) bond motifs is 3. The normalized spacial score (nSPS) is 10.8. The summed E-state index contributed by atoms with van der Waals surface area (Å²) in [4.78, 5) is 0. The van der Waals surface area contributed by atoms with Crippen LogP contribution in [-0.2, 0) is 0 Å². The second-order valence-electron chi connectivity index (χ2n) is 7.00. The summed E-state index contributed by atoms with van der Waals surface area (Å²) in [5.74, 6) is 6.72. The molecule has 0 N–H and O–H groups in total. The van der Waals surface area contributed by atoms with Gasteiger partial charge in [0.2, 0.25) is 0 Å². The van der Waals surface area contributed by atoms with E-state index in [1.807, 2.05) is 0 Å². The molecule has 132 valence electrons. The first-order chi connectivity index (χ1) is 13.8. The molecule has 5 aromatic rings. The maximum absolute atomic E-state index is 3.40. The van der Waals surface area contributed by atoms with Crippen LogP contribution in [0, 0.1) is 18.8 Å². The molecule has 1 nitrogen and oxygen atoms in total. The van der Waals surface area contributed by atoms with Gasteiger partial charge >= 0.3 is 0 Å². The van der Waals surface area contributed by atoms with Crippen LogP contribution in [0.1, 0.15) is 16.7 Å². The van der Waals surface area contributed by atoms with Gasteiger partial charge in [0.15, 0.2) is 0 Å². The standard InChI is InChI=1S/C27H19N/c1-20-14-16-21(17-15-20)18-19-22-8-2-5-11-25(22)28-26-12-6-3-9-23(26)24-10-4-7-13-27(24)28/h2-17H,1H3. The smallest absolute Gasteiger partial charge is 0.0618 e. The summed E-state index contributed by atoms with van der Waals surface area (Å²) in [5, 5.41) is 2.53. The van der Waals surface area contributed by atoms with Crippen molar-refractivity contribution in [2.75, 3.05) is 0 Å². The van der Waals surface area contributed by atoms with E-state index < -0.39 is 0 Å². The van der Waals surface area contributed by atoms with E-state index in [0.717, 1.165) is 16.8 Å². The van der Waals surface area contributed by atoms with Gasteiger partial charge in [-0.1, -0.05) is 78.1 Å². The van der Waals surface area contributed by atoms with E-state index in [2.05, 4.69) is 120 Å². The van der Waals surface area contributed by atoms with Gasteiger partial charge in [0.05, 0.1) is 16.7 Å². The maximum Gasteiger partial charge on any atom is 0.0618 e. The Kier molecular flexibility index (Phi) is 3.96. The molecule has 1 heteroatoms. The summed E-state index contributed by atoms with van der Waals surface area (Å²) in [6.07, 6.45) is 0. The Hall–Kier alpha value is -3.76. The highest BCUT2D eigenvalue weighted by Crippen LogP contribution is 2.32. The molecule has 1 aromatic heterocycles. The topological polar surface area (TPSA) is 4.93 Å². The molecule has 0 radical (unpaired) electrons. The molecule has 0 aliphatic carbocycles. The van der Waals surface area contributed by atoms with Gasteiger partial charge in [-0.3, -0.25) is 0 Å². The molecule has 1 heterocycles. The van der Waals surface area contributed by atoms with Crippen molar-refractivity contribution in [1.29, 1.82) is 0 Å². The number of hydrogen-bond acceptors (Lipinski definition) is 0. The first kappa shape index (κ1) is 16.4. The second kappa shape index (κ2) is 6.76. The third-order valence-electron chi connectivity index (χ3n) is 5.12. The number of hydrogen-bond donors (Lipinski definition) is 0. The van der Waals surface area contributed by atoms with Crippen LogP contribution in [0.25, 0.3) is 27.5 Å². The predicted molar refractivity (Wildman–Crippen MR) is 118 cm³/mol. The average molecular weight is 357 g/mol. The highest BCUT2D eigenvalue weighted by atomic mass is 15.0. The highest BCUT2D eigenvalue weighted by molar-refractivity contribution is 6.09. The largest absolute Gasteiger partial charge is 0.308 e. The van der Waals surface area contributed by atoms with Crippen molar-refractivity contribution in [2.45, 2.75) is 6.92 Å². The monoisotopic (exact) mass is 357 g/mol. The van der Waals surface area contributed by atoms with Crippen LogP contribution >= 0.6 is 0 Å². The van der Waals surface area contributed by atoms with Gasteiger partial charge in [0.1, 0.15) is 0 Å². The molecule has 0 bridgehead atoms. The lowest BCUT2D eigenvalue weighted by atomic mass is 10.1. The Balaban J connectivity index is 1.75. The zero-order chi connectivity index (χ0) is 18.9. The van der Waals surface area contributed by atoms with E-state index in [9.17, 15) is 0 Å². The molecule has 0 saturated heterocycles. The van der Waals surface area contributed by atoms with Crippen LogP contribution < -0.4 is 0 Å². The number of benzene rings is 4. The van der Waals surface area contributed by atoms with Gasteiger partial charge < -0.3 is 4.57 Å². The van der Waals surface area contributed by atoms with Crippen molar-refractivity contribution >= 4 is 21.8 Å². The van der Waals surface area contributed by atoms with E-state index in [1.54, 1.807) is 0 Å². The first-order valence-corrected chi connectivity index (χ1v) is 9.47. The van der Waals surface area contributed by atoms with Crippen LogP contribution in [0.3, 0.4) is 0 Å². The lowest BCUT2D eigenvalue weighted by Crippen LogP contribution is -1.97. The summed E-state index contributed by atoms with van der Waals surface area (Å²) in [7, 11) is 0. The molecule has 5 rings (SSSR count). The van der Waals surface area contributed by atoms with E-state index in [0.29, 0.717) is 0 Å². The SMILES string of the molecule is Cc1ccc(C#Cc2ccccc2-n2c3ccccc3c3ccccc32)cc1. The molecule has 0 atom stereocenters. The highest BCUT2D eigenvalue weighted by Gasteiger charge is 2.12. The van der Waals surface area contributed by atoms with Gasteiger partial charge in [-0.2, -0.15) is 0 Å². The Morgan fingerprint density at radius 2 is 1.14 bits per heavy atom. The number of aromatic nitrogens is 1. The molecule has 0 saturated carbocycles. The van der Waals surface area contributed by atoms with E-state index in [1.165, 1.54) is 27.4 Å². The van der Waals surface area contributed by atoms with Gasteiger partial charge in [-0.25, -0.2) is 0 Å². The van der Waals surface area contributed by atoms with Crippen molar-refractivity contribution in [3.8, 4) is 17.5 Å². The average Bonchev–Trinajstić information content (AvgIpc) is 3.08. The van der Waals surface area contributed by atoms with E-state index in [-0.39, 0.29) is 0 Å². The lowest BCUT2D eigenvalue weighted by molar-refractivity contribution is 1.17. The van der Waals surface area contributed by atoms with Gasteiger partial charge in [0.25, 0.3) is 0 Å². The molecule has 0 unspecified atom stereocenters. The summed E-state index contributed by atoms with van der Waals surface area (Å²) >= 11 is 0. The molecule has 0 aliphatic rings. The van der Waals surface area contributed by atoms with Crippen molar-refractivity contribution in [3.05, 3.63) is 114 Å². The Morgan fingerprint density at radius 1 is 0.571 bits per heavy atom. The van der Waals surface area contributed by atoms with Crippen molar-refractivity contribution in [1.82, 2.24) is 4.57 Å². The fourth-order valence-electron chi connectivity index (χ4n) is 3.73. The summed E-state index contributed by atoms with van der Waals surface area (Å²) in [6, 6.07) is 33.9. The Morgan fingerprint density at radius 3 is 1.82 bits per heavy atom. The third-order valence-corrected chi connectivity index (χ3v) is 5.12. The lowest BCUT2D eigenvalue weighted by Gasteiger charge is -2.10. The van der Waals surface area contributed by atoms with Crippen LogP contribution in [0.2, 0.25) is 0 Å². The van der Waals surface area contributed by atoms with E-state index >= 15 is 0 Å². The number of nitrogens with zero attached hydrogens (tertiary/aromatic N) is 1. The Labute approximate surface area is 164 Å². The molecule has 0 aliphatic heterocycles. The number of rotatable bonds is 1. The van der Waals surface area contributed by atoms with Gasteiger partial charge in [0, 0.05) is 21.9 Å². The zero-order valence-corrected chi connectivity index (χ0v) is 15.7. The molecule has 0 spiro atoms. The molecule has 0 amide bonds. The van der Waals surface area contributed by atoms with Crippen LogP contribution in [0.4, 0.5) is 0 Å². The second-order valence-corrected chi connectivity index (χ2v) is 7.00. The molecular formula is C27H19N. The molecule has 0 fully saturated rings. The van der Waals surface area contributed by atoms with Crippen molar-refractivity contribution in [2.24, 2.45) is 0 Å². The van der Waals surface area contributed by atoms with Crippen LogP contribution in [0.15, 0.2) is 97.1 Å². The molecule has 28 heavy (non-hydrogen) atoms. The minimum absolute atomic E-state index is 1.02. The van der Waals surface area contributed by atoms with Gasteiger partial charge in [-0.15, -0.1) is 0 Å². The predicted octanol–water partition coefficient (Wildman–Crippen LogP) is 6.49. The summed E-state index contributed by atoms with van der Waals surface area (Å²) in [5.41, 5.74) is 6.81. The van der Waals surface area contributed by atoms with E-state index in [4.69, 9.17) is 0 Å². The van der Waals surface area contributed by atoms with Crippen LogP contribution in [0.5, 0.6) is 0 Å². The third kappa shape index (κ3) is 2.76. The molecule has 4 aromatic carbocycles. The number of para-hydroxylation sites is 3. The summed E-state index contributed by atoms with van der Waals surface area (Å²) < 4.78 is 2.32. The Bertz CT molecular complexity index is 1310.